The molecule has 0 aliphatic carbocycles. The van der Waals surface area contributed by atoms with Gasteiger partial charge in [-0.25, -0.2) is 9.59 Å². The minimum absolute atomic E-state index is 0.224. The smallest absolute Gasteiger partial charge is 0.408 e. The molecule has 3 aromatic rings. The second kappa shape index (κ2) is 12.1. The Morgan fingerprint density at radius 3 is 1.89 bits per heavy atom. The van der Waals surface area contributed by atoms with Crippen LogP contribution in [-0.2, 0) is 27.1 Å². The fourth-order valence-electron chi connectivity index (χ4n) is 3.46. The molecule has 0 radical (unpaired) electrons. The summed E-state index contributed by atoms with van der Waals surface area (Å²) in [5.74, 6) is 0.914. The highest BCUT2D eigenvalue weighted by Crippen LogP contribution is 2.23. The van der Waals surface area contributed by atoms with Gasteiger partial charge in [0, 0.05) is 6.42 Å². The zero-order chi connectivity index (χ0) is 25.3. The summed E-state index contributed by atoms with van der Waals surface area (Å²) in [5, 5.41) is 2.62. The molecule has 6 heteroatoms. The molecule has 0 saturated carbocycles. The van der Waals surface area contributed by atoms with E-state index < -0.39 is 23.7 Å². The topological polar surface area (TPSA) is 73.9 Å². The number of nitrogens with one attached hydrogen (secondary N) is 1. The second-order valence-corrected chi connectivity index (χ2v) is 9.21. The van der Waals surface area contributed by atoms with E-state index in [-0.39, 0.29) is 13.0 Å². The normalized spacial score (nSPS) is 11.9. The molecule has 0 heterocycles. The van der Waals surface area contributed by atoms with E-state index in [2.05, 4.69) is 29.6 Å². The molecule has 1 atom stereocenters. The van der Waals surface area contributed by atoms with E-state index in [1.165, 1.54) is 11.1 Å². The van der Waals surface area contributed by atoms with Crippen molar-refractivity contribution in [1.82, 2.24) is 5.32 Å². The van der Waals surface area contributed by atoms with Crippen LogP contribution < -0.4 is 10.1 Å². The summed E-state index contributed by atoms with van der Waals surface area (Å²) in [4.78, 5) is 24.6. The lowest BCUT2D eigenvalue weighted by Crippen LogP contribution is -2.45. The Labute approximate surface area is 207 Å². The van der Waals surface area contributed by atoms with Crippen LogP contribution in [-0.4, -0.2) is 30.3 Å². The van der Waals surface area contributed by atoms with Crippen molar-refractivity contribution in [1.29, 1.82) is 0 Å². The molecular weight excluding hydrogens is 442 g/mol. The molecule has 0 aliphatic rings. The van der Waals surface area contributed by atoms with Crippen molar-refractivity contribution in [3.05, 3.63) is 95.6 Å². The lowest BCUT2D eigenvalue weighted by molar-refractivity contribution is -0.145. The number of hydrogen-bond donors (Lipinski definition) is 1. The number of hydrogen-bond acceptors (Lipinski definition) is 5. The lowest BCUT2D eigenvalue weighted by Gasteiger charge is -2.23. The van der Waals surface area contributed by atoms with Crippen LogP contribution in [0.2, 0.25) is 0 Å². The first-order valence-electron chi connectivity index (χ1n) is 11.8. The molecule has 0 aromatic heterocycles. The Bertz CT molecular complexity index is 1090. The van der Waals surface area contributed by atoms with Crippen LogP contribution in [0.4, 0.5) is 4.79 Å². The average molecular weight is 476 g/mol. The molecule has 1 amide bonds. The molecule has 0 spiro atoms. The van der Waals surface area contributed by atoms with Gasteiger partial charge in [0.05, 0.1) is 6.61 Å². The molecule has 3 aromatic carbocycles. The third-order valence-electron chi connectivity index (χ3n) is 5.04. The predicted octanol–water partition coefficient (Wildman–Crippen LogP) is 6.07. The molecule has 0 saturated heterocycles. The van der Waals surface area contributed by atoms with Crippen molar-refractivity contribution in [2.45, 2.75) is 52.2 Å². The predicted molar refractivity (Wildman–Crippen MR) is 136 cm³/mol. The van der Waals surface area contributed by atoms with Crippen LogP contribution in [0.1, 0.15) is 44.4 Å². The molecule has 6 nitrogen and oxygen atoms in total. The lowest BCUT2D eigenvalue weighted by atomic mass is 10.1. The molecule has 35 heavy (non-hydrogen) atoms. The van der Waals surface area contributed by atoms with Gasteiger partial charge >= 0.3 is 12.1 Å². The Kier molecular flexibility index (Phi) is 8.90. The number of carbonyl (C=O) groups excluding carboxylic acids is 2. The van der Waals surface area contributed by atoms with Crippen molar-refractivity contribution < 1.29 is 23.8 Å². The van der Waals surface area contributed by atoms with Gasteiger partial charge in [0.1, 0.15) is 23.1 Å². The van der Waals surface area contributed by atoms with Crippen molar-refractivity contribution in [3.8, 4) is 11.5 Å². The first kappa shape index (κ1) is 25.8. The summed E-state index contributed by atoms with van der Waals surface area (Å²) in [6.45, 7) is 7.25. The minimum atomic E-state index is -0.853. The molecule has 0 aliphatic heterocycles. The van der Waals surface area contributed by atoms with Gasteiger partial charge in [0.2, 0.25) is 0 Å². The Balaban J connectivity index is 1.60. The Morgan fingerprint density at radius 2 is 1.34 bits per heavy atom. The zero-order valence-corrected chi connectivity index (χ0v) is 20.7. The van der Waals surface area contributed by atoms with E-state index in [1.54, 1.807) is 27.7 Å². The van der Waals surface area contributed by atoms with Crippen molar-refractivity contribution in [2.75, 3.05) is 6.61 Å². The van der Waals surface area contributed by atoms with E-state index in [0.717, 1.165) is 17.7 Å². The van der Waals surface area contributed by atoms with E-state index in [1.807, 2.05) is 54.6 Å². The van der Waals surface area contributed by atoms with E-state index in [0.29, 0.717) is 5.75 Å². The van der Waals surface area contributed by atoms with Gasteiger partial charge in [-0.3, -0.25) is 0 Å². The standard InChI is InChI=1S/C29H33NO5/c1-5-33-27(31)26(30-28(32)35-29(2,3)4)20-23-13-17-25(18-14-23)34-24-15-11-22(12-16-24)19-21-9-7-6-8-10-21/h6-18,26H,5,19-20H2,1-4H3,(H,30,32). The summed E-state index contributed by atoms with van der Waals surface area (Å²) < 4.78 is 16.4. The summed E-state index contributed by atoms with van der Waals surface area (Å²) in [6.07, 6.45) is 0.479. The van der Waals surface area contributed by atoms with Crippen LogP contribution in [0.15, 0.2) is 78.9 Å². The molecule has 1 unspecified atom stereocenters. The van der Waals surface area contributed by atoms with Crippen LogP contribution in [0.25, 0.3) is 0 Å². The maximum Gasteiger partial charge on any atom is 0.408 e. The molecular formula is C29H33NO5. The Morgan fingerprint density at radius 1 is 0.800 bits per heavy atom. The van der Waals surface area contributed by atoms with Crippen molar-refractivity contribution in [2.24, 2.45) is 0 Å². The second-order valence-electron chi connectivity index (χ2n) is 9.21. The maximum atomic E-state index is 12.4. The molecule has 3 rings (SSSR count). The van der Waals surface area contributed by atoms with Gasteiger partial charge in [-0.2, -0.15) is 0 Å². The van der Waals surface area contributed by atoms with Gasteiger partial charge in [-0.1, -0.05) is 54.6 Å². The van der Waals surface area contributed by atoms with Crippen LogP contribution >= 0.6 is 0 Å². The average Bonchev–Trinajstić information content (AvgIpc) is 2.81. The summed E-state index contributed by atoms with van der Waals surface area (Å²) in [5.41, 5.74) is 2.66. The number of alkyl carbamates (subject to hydrolysis) is 1. The van der Waals surface area contributed by atoms with Crippen LogP contribution in [0, 0.1) is 0 Å². The number of rotatable bonds is 9. The van der Waals surface area contributed by atoms with Gasteiger partial charge in [0.25, 0.3) is 0 Å². The number of carbonyl (C=O) groups is 2. The van der Waals surface area contributed by atoms with Gasteiger partial charge in [-0.15, -0.1) is 0 Å². The molecule has 0 fully saturated rings. The summed E-state index contributed by atoms with van der Waals surface area (Å²) >= 11 is 0. The van der Waals surface area contributed by atoms with Gasteiger partial charge < -0.3 is 19.5 Å². The maximum absolute atomic E-state index is 12.4. The third-order valence-corrected chi connectivity index (χ3v) is 5.04. The quantitative estimate of drug-likeness (QED) is 0.380. The molecule has 1 N–H and O–H groups in total. The van der Waals surface area contributed by atoms with Crippen molar-refractivity contribution in [3.63, 3.8) is 0 Å². The summed E-state index contributed by atoms with van der Waals surface area (Å²) in [7, 11) is 0. The number of amides is 1. The monoisotopic (exact) mass is 475 g/mol. The SMILES string of the molecule is CCOC(=O)C(Cc1ccc(Oc2ccc(Cc3ccccc3)cc2)cc1)NC(=O)OC(C)(C)C. The van der Waals surface area contributed by atoms with Crippen LogP contribution in [0.3, 0.4) is 0 Å². The van der Waals surface area contributed by atoms with E-state index in [9.17, 15) is 9.59 Å². The number of esters is 1. The Hall–Kier alpha value is -3.80. The highest BCUT2D eigenvalue weighted by molar-refractivity contribution is 5.81. The minimum Gasteiger partial charge on any atom is -0.464 e. The van der Waals surface area contributed by atoms with E-state index in [4.69, 9.17) is 14.2 Å². The van der Waals surface area contributed by atoms with Gasteiger partial charge in [0.15, 0.2) is 0 Å². The van der Waals surface area contributed by atoms with Gasteiger partial charge in [-0.05, 0) is 75.1 Å². The third kappa shape index (κ3) is 8.81. The number of benzene rings is 3. The highest BCUT2D eigenvalue weighted by Gasteiger charge is 2.25. The molecule has 184 valence electrons. The fourth-order valence-corrected chi connectivity index (χ4v) is 3.46. The largest absolute Gasteiger partial charge is 0.464 e. The zero-order valence-electron chi connectivity index (χ0n) is 20.7. The first-order chi connectivity index (χ1) is 16.7. The van der Waals surface area contributed by atoms with E-state index >= 15 is 0 Å². The van der Waals surface area contributed by atoms with Crippen molar-refractivity contribution >= 4 is 12.1 Å². The number of ether oxygens (including phenoxy) is 3. The highest BCUT2D eigenvalue weighted by atomic mass is 16.6. The summed E-state index contributed by atoms with van der Waals surface area (Å²) in [6, 6.07) is 24.9. The first-order valence-corrected chi connectivity index (χ1v) is 11.8. The fraction of sp³-hybridized carbons (Fsp3) is 0.310. The van der Waals surface area contributed by atoms with Crippen LogP contribution in [0.5, 0.6) is 11.5 Å². The molecule has 0 bridgehead atoms.